The summed E-state index contributed by atoms with van der Waals surface area (Å²) in [6.07, 6.45) is 1.37. The van der Waals surface area contributed by atoms with Crippen LogP contribution >= 0.6 is 11.6 Å². The zero-order chi connectivity index (χ0) is 20.7. The Morgan fingerprint density at radius 1 is 1.07 bits per heavy atom. The lowest BCUT2D eigenvalue weighted by Crippen LogP contribution is -2.31. The molecule has 2 aromatic rings. The molecule has 0 fully saturated rings. The predicted molar refractivity (Wildman–Crippen MR) is 116 cm³/mol. The maximum absolute atomic E-state index is 12.6. The van der Waals surface area contributed by atoms with Gasteiger partial charge in [-0.25, -0.2) is 0 Å². The number of carbonyl (C=O) groups is 2. The number of hydrogen-bond acceptors (Lipinski definition) is 3. The lowest BCUT2D eigenvalue weighted by atomic mass is 10.1. The first-order chi connectivity index (χ1) is 13.4. The predicted octanol–water partition coefficient (Wildman–Crippen LogP) is 4.81. The van der Waals surface area contributed by atoms with E-state index in [2.05, 4.69) is 12.2 Å². The summed E-state index contributed by atoms with van der Waals surface area (Å²) in [7, 11) is 3.93. The molecule has 5 nitrogen and oxygen atoms in total. The summed E-state index contributed by atoms with van der Waals surface area (Å²) in [4.78, 5) is 28.7. The highest BCUT2D eigenvalue weighted by Gasteiger charge is 2.16. The number of amides is 2. The van der Waals surface area contributed by atoms with Gasteiger partial charge >= 0.3 is 0 Å². The highest BCUT2D eigenvalue weighted by Crippen LogP contribution is 2.26. The molecule has 0 radical (unpaired) electrons. The first kappa shape index (κ1) is 21.8. The van der Waals surface area contributed by atoms with E-state index >= 15 is 0 Å². The van der Waals surface area contributed by atoms with Crippen LogP contribution in [0.5, 0.6) is 0 Å². The minimum absolute atomic E-state index is 0.122. The van der Waals surface area contributed by atoms with E-state index in [0.29, 0.717) is 35.8 Å². The summed E-state index contributed by atoms with van der Waals surface area (Å²) < 4.78 is 0. The summed E-state index contributed by atoms with van der Waals surface area (Å²) >= 11 is 6.13. The molecular formula is C22H28ClN3O2. The molecule has 1 N–H and O–H groups in total. The Morgan fingerprint density at radius 3 is 2.39 bits per heavy atom. The normalized spacial score (nSPS) is 10.5. The van der Waals surface area contributed by atoms with Crippen molar-refractivity contribution in [2.75, 3.05) is 30.9 Å². The number of anilines is 2. The van der Waals surface area contributed by atoms with Crippen LogP contribution in [0.25, 0.3) is 0 Å². The van der Waals surface area contributed by atoms with Crippen LogP contribution in [0.1, 0.15) is 42.6 Å². The molecule has 2 rings (SSSR count). The molecule has 0 aliphatic heterocycles. The molecule has 0 aromatic heterocycles. The molecule has 0 saturated heterocycles. The van der Waals surface area contributed by atoms with Gasteiger partial charge in [-0.05, 0) is 42.3 Å². The van der Waals surface area contributed by atoms with Crippen LogP contribution in [0.4, 0.5) is 11.4 Å². The van der Waals surface area contributed by atoms with Crippen molar-refractivity contribution in [3.8, 4) is 0 Å². The van der Waals surface area contributed by atoms with E-state index < -0.39 is 0 Å². The Hall–Kier alpha value is -2.53. The van der Waals surface area contributed by atoms with Crippen molar-refractivity contribution >= 4 is 34.8 Å². The Bertz CT molecular complexity index is 836. The van der Waals surface area contributed by atoms with Gasteiger partial charge in [-0.2, -0.15) is 0 Å². The van der Waals surface area contributed by atoms with E-state index in [4.69, 9.17) is 11.6 Å². The van der Waals surface area contributed by atoms with Crippen LogP contribution in [0.2, 0.25) is 5.02 Å². The van der Waals surface area contributed by atoms with E-state index in [-0.39, 0.29) is 11.8 Å². The molecule has 28 heavy (non-hydrogen) atoms. The van der Waals surface area contributed by atoms with Gasteiger partial charge in [-0.3, -0.25) is 9.59 Å². The minimum Gasteiger partial charge on any atom is -0.377 e. The third-order valence-corrected chi connectivity index (χ3v) is 4.78. The smallest absolute Gasteiger partial charge is 0.257 e. The number of halogens is 1. The van der Waals surface area contributed by atoms with Crippen LogP contribution in [0.15, 0.2) is 42.5 Å². The van der Waals surface area contributed by atoms with E-state index in [1.165, 1.54) is 0 Å². The lowest BCUT2D eigenvalue weighted by molar-refractivity contribution is -0.131. The molecule has 0 aliphatic carbocycles. The van der Waals surface area contributed by atoms with Crippen molar-refractivity contribution in [2.24, 2.45) is 0 Å². The minimum atomic E-state index is -0.260. The van der Waals surface area contributed by atoms with Crippen LogP contribution in [-0.2, 0) is 11.3 Å². The van der Waals surface area contributed by atoms with Crippen LogP contribution in [0, 0.1) is 0 Å². The van der Waals surface area contributed by atoms with Gasteiger partial charge in [-0.1, -0.05) is 37.6 Å². The molecule has 0 unspecified atom stereocenters. The van der Waals surface area contributed by atoms with Crippen LogP contribution in [0.3, 0.4) is 0 Å². The zero-order valence-electron chi connectivity index (χ0n) is 17.0. The van der Waals surface area contributed by atoms with Crippen molar-refractivity contribution in [1.82, 2.24) is 4.90 Å². The second kappa shape index (κ2) is 10.1. The van der Waals surface area contributed by atoms with Gasteiger partial charge in [0.25, 0.3) is 5.91 Å². The molecule has 0 bridgehead atoms. The molecule has 0 atom stereocenters. The van der Waals surface area contributed by atoms with Gasteiger partial charge in [-0.15, -0.1) is 0 Å². The van der Waals surface area contributed by atoms with Gasteiger partial charge < -0.3 is 15.1 Å². The Morgan fingerprint density at radius 2 is 1.79 bits per heavy atom. The maximum atomic E-state index is 12.6. The Labute approximate surface area is 172 Å². The number of nitrogens with one attached hydrogen (secondary N) is 1. The van der Waals surface area contributed by atoms with Gasteiger partial charge in [0.05, 0.1) is 10.6 Å². The van der Waals surface area contributed by atoms with Crippen molar-refractivity contribution in [1.29, 1.82) is 0 Å². The monoisotopic (exact) mass is 401 g/mol. The molecule has 150 valence electrons. The summed E-state index contributed by atoms with van der Waals surface area (Å²) in [6, 6.07) is 12.7. The summed E-state index contributed by atoms with van der Waals surface area (Å²) in [6.45, 7) is 5.14. The van der Waals surface area contributed by atoms with Gasteiger partial charge in [0.15, 0.2) is 0 Å². The lowest BCUT2D eigenvalue weighted by Gasteiger charge is -2.26. The number of hydrogen-bond donors (Lipinski definition) is 1. The SMILES string of the molecule is CCCN(Cc1cc(NC(=O)c2ccccc2Cl)ccc1N(C)C)C(=O)CC. The third kappa shape index (κ3) is 5.49. The number of carbonyl (C=O) groups excluding carboxylic acids is 2. The third-order valence-electron chi connectivity index (χ3n) is 4.45. The zero-order valence-corrected chi connectivity index (χ0v) is 17.7. The highest BCUT2D eigenvalue weighted by atomic mass is 35.5. The first-order valence-corrected chi connectivity index (χ1v) is 9.89. The fourth-order valence-corrected chi connectivity index (χ4v) is 3.28. The number of rotatable bonds is 8. The molecular weight excluding hydrogens is 374 g/mol. The fraction of sp³-hybridized carbons (Fsp3) is 0.364. The maximum Gasteiger partial charge on any atom is 0.257 e. The van der Waals surface area contributed by atoms with Gasteiger partial charge in [0.1, 0.15) is 0 Å². The molecule has 6 heteroatoms. The first-order valence-electron chi connectivity index (χ1n) is 9.51. The number of nitrogens with zero attached hydrogens (tertiary/aromatic N) is 2. The van der Waals surface area contributed by atoms with E-state index in [1.54, 1.807) is 24.3 Å². The topological polar surface area (TPSA) is 52.7 Å². The van der Waals surface area contributed by atoms with E-state index in [9.17, 15) is 9.59 Å². The summed E-state index contributed by atoms with van der Waals surface area (Å²) in [5.41, 5.74) is 3.10. The largest absolute Gasteiger partial charge is 0.377 e. The van der Waals surface area contributed by atoms with Crippen molar-refractivity contribution in [2.45, 2.75) is 33.2 Å². The fourth-order valence-electron chi connectivity index (χ4n) is 3.06. The second-order valence-electron chi connectivity index (χ2n) is 6.84. The summed E-state index contributed by atoms with van der Waals surface area (Å²) in [5, 5.41) is 3.32. The Kier molecular flexibility index (Phi) is 7.88. The van der Waals surface area contributed by atoms with E-state index in [0.717, 1.165) is 17.7 Å². The summed E-state index contributed by atoms with van der Waals surface area (Å²) in [5.74, 6) is -0.138. The molecule has 0 aliphatic rings. The highest BCUT2D eigenvalue weighted by molar-refractivity contribution is 6.34. The van der Waals surface area contributed by atoms with Crippen molar-refractivity contribution in [3.63, 3.8) is 0 Å². The number of benzene rings is 2. The van der Waals surface area contributed by atoms with Crippen LogP contribution < -0.4 is 10.2 Å². The standard InChI is InChI=1S/C22H28ClN3O2/c1-5-13-26(21(27)6-2)15-16-14-17(11-12-20(16)25(3)4)24-22(28)18-9-7-8-10-19(18)23/h7-12,14H,5-6,13,15H2,1-4H3,(H,24,28). The van der Waals surface area contributed by atoms with Crippen molar-refractivity contribution in [3.05, 3.63) is 58.6 Å². The van der Waals surface area contributed by atoms with Gasteiger partial charge in [0, 0.05) is 45.0 Å². The quantitative estimate of drug-likeness (QED) is 0.690. The average Bonchev–Trinajstić information content (AvgIpc) is 2.67. The molecule has 0 heterocycles. The molecule has 2 aromatic carbocycles. The second-order valence-corrected chi connectivity index (χ2v) is 7.25. The van der Waals surface area contributed by atoms with Gasteiger partial charge in [0.2, 0.25) is 5.91 Å². The van der Waals surface area contributed by atoms with Crippen molar-refractivity contribution < 1.29 is 9.59 Å². The van der Waals surface area contributed by atoms with Crippen LogP contribution in [-0.4, -0.2) is 37.4 Å². The molecule has 0 spiro atoms. The molecule has 0 saturated carbocycles. The van der Waals surface area contributed by atoms with E-state index in [1.807, 2.05) is 49.0 Å². The molecule has 2 amide bonds. The Balaban J connectivity index is 2.30. The average molecular weight is 402 g/mol.